The van der Waals surface area contributed by atoms with Gasteiger partial charge in [-0.1, -0.05) is 30.5 Å². The molecule has 0 radical (unpaired) electrons. The van der Waals surface area contributed by atoms with Crippen LogP contribution in [-0.2, 0) is 14.4 Å². The average Bonchev–Trinajstić information content (AvgIpc) is 2.76. The lowest BCUT2D eigenvalue weighted by Crippen LogP contribution is -2.38. The second kappa shape index (κ2) is 6.14. The highest BCUT2D eigenvalue weighted by Crippen LogP contribution is 2.37. The van der Waals surface area contributed by atoms with Crippen molar-refractivity contribution >= 4 is 23.4 Å². The smallest absolute Gasteiger partial charge is 0.244 e. The molecule has 1 aromatic rings. The summed E-state index contributed by atoms with van der Waals surface area (Å²) >= 11 is 0. The highest BCUT2D eigenvalue weighted by molar-refractivity contribution is 6.08. The molecule has 5 heteroatoms. The number of nitrogens with one attached hydrogen (secondary N) is 1. The molecule has 0 aromatic heterocycles. The van der Waals surface area contributed by atoms with E-state index in [-0.39, 0.29) is 36.1 Å². The van der Waals surface area contributed by atoms with Crippen LogP contribution < -0.4 is 5.32 Å². The first-order valence-corrected chi connectivity index (χ1v) is 8.19. The summed E-state index contributed by atoms with van der Waals surface area (Å²) in [5.41, 5.74) is 2.80. The maximum absolute atomic E-state index is 12.4. The normalized spacial score (nSPS) is 23.8. The van der Waals surface area contributed by atoms with Crippen molar-refractivity contribution in [1.29, 1.82) is 0 Å². The van der Waals surface area contributed by atoms with E-state index >= 15 is 0 Å². The minimum Gasteiger partial charge on any atom is -0.324 e. The van der Waals surface area contributed by atoms with E-state index in [1.807, 2.05) is 32.0 Å². The zero-order chi connectivity index (χ0) is 16.6. The van der Waals surface area contributed by atoms with E-state index in [0.29, 0.717) is 0 Å². The van der Waals surface area contributed by atoms with Gasteiger partial charge in [0.2, 0.25) is 17.7 Å². The van der Waals surface area contributed by atoms with Crippen molar-refractivity contribution in [2.45, 2.75) is 39.5 Å². The molecule has 122 valence electrons. The van der Waals surface area contributed by atoms with E-state index in [1.165, 1.54) is 0 Å². The summed E-state index contributed by atoms with van der Waals surface area (Å²) in [6, 6.07) is 5.75. The van der Waals surface area contributed by atoms with E-state index in [4.69, 9.17) is 0 Å². The maximum Gasteiger partial charge on any atom is 0.244 e. The number of anilines is 1. The third-order valence-corrected chi connectivity index (χ3v) is 4.89. The standard InChI is InChI=1S/C18H22N2O3/c1-11-7-8-15(12(2)9-11)19-16(21)10-20-17(22)13-5-3-4-6-14(13)18(20)23/h7-9,13-14H,3-6,10H2,1-2H3,(H,19,21)/t13-,14-/m1/s1. The Kier molecular flexibility index (Phi) is 4.20. The molecule has 1 heterocycles. The number of nitrogens with zero attached hydrogens (tertiary/aromatic N) is 1. The summed E-state index contributed by atoms with van der Waals surface area (Å²) in [5.74, 6) is -1.07. The summed E-state index contributed by atoms with van der Waals surface area (Å²) in [7, 11) is 0. The third kappa shape index (κ3) is 3.00. The van der Waals surface area contributed by atoms with E-state index < -0.39 is 0 Å². The fourth-order valence-corrected chi connectivity index (χ4v) is 3.67. The fourth-order valence-electron chi connectivity index (χ4n) is 3.67. The van der Waals surface area contributed by atoms with Crippen LogP contribution in [0.3, 0.4) is 0 Å². The Morgan fingerprint density at radius 3 is 2.30 bits per heavy atom. The Labute approximate surface area is 136 Å². The van der Waals surface area contributed by atoms with Gasteiger partial charge in [-0.05, 0) is 38.3 Å². The second-order valence-electron chi connectivity index (χ2n) is 6.63. The van der Waals surface area contributed by atoms with Crippen LogP contribution in [0.25, 0.3) is 0 Å². The van der Waals surface area contributed by atoms with Crippen LogP contribution in [-0.4, -0.2) is 29.2 Å². The van der Waals surface area contributed by atoms with E-state index in [2.05, 4.69) is 5.32 Å². The molecule has 0 unspecified atom stereocenters. The Balaban J connectivity index is 1.68. The number of carbonyl (C=O) groups is 3. The van der Waals surface area contributed by atoms with Gasteiger partial charge in [0.1, 0.15) is 6.54 Å². The van der Waals surface area contributed by atoms with Gasteiger partial charge >= 0.3 is 0 Å². The average molecular weight is 314 g/mol. The van der Waals surface area contributed by atoms with Gasteiger partial charge in [-0.3, -0.25) is 19.3 Å². The molecule has 0 bridgehead atoms. The number of hydrogen-bond donors (Lipinski definition) is 1. The van der Waals surface area contributed by atoms with Crippen molar-refractivity contribution < 1.29 is 14.4 Å². The molecule has 3 amide bonds. The molecule has 23 heavy (non-hydrogen) atoms. The predicted molar refractivity (Wildman–Crippen MR) is 86.7 cm³/mol. The Morgan fingerprint density at radius 1 is 1.13 bits per heavy atom. The van der Waals surface area contributed by atoms with Crippen molar-refractivity contribution in [3.63, 3.8) is 0 Å². The van der Waals surface area contributed by atoms with E-state index in [0.717, 1.165) is 47.4 Å². The second-order valence-corrected chi connectivity index (χ2v) is 6.63. The summed E-state index contributed by atoms with van der Waals surface area (Å²) < 4.78 is 0. The first-order valence-electron chi connectivity index (χ1n) is 8.19. The van der Waals surface area contributed by atoms with E-state index in [9.17, 15) is 14.4 Å². The number of benzene rings is 1. The van der Waals surface area contributed by atoms with Gasteiger partial charge < -0.3 is 5.32 Å². The maximum atomic E-state index is 12.4. The molecule has 2 aliphatic rings. The number of carbonyl (C=O) groups excluding carboxylic acids is 3. The molecule has 3 rings (SSSR count). The molecule has 1 N–H and O–H groups in total. The summed E-state index contributed by atoms with van der Waals surface area (Å²) in [4.78, 5) is 38.1. The highest BCUT2D eigenvalue weighted by Gasteiger charge is 2.48. The van der Waals surface area contributed by atoms with Crippen molar-refractivity contribution in [3.05, 3.63) is 29.3 Å². The van der Waals surface area contributed by atoms with Crippen LogP contribution in [0, 0.1) is 25.7 Å². The Hall–Kier alpha value is -2.17. The molecule has 2 fully saturated rings. The number of aryl methyl sites for hydroxylation is 2. The van der Waals surface area contributed by atoms with E-state index in [1.54, 1.807) is 0 Å². The Morgan fingerprint density at radius 2 is 1.74 bits per heavy atom. The largest absolute Gasteiger partial charge is 0.324 e. The molecule has 1 saturated heterocycles. The predicted octanol–water partition coefficient (Wildman–Crippen LogP) is 2.42. The number of rotatable bonds is 3. The van der Waals surface area contributed by atoms with Gasteiger partial charge in [-0.25, -0.2) is 0 Å². The SMILES string of the molecule is Cc1ccc(NC(=O)CN2C(=O)[C@@H]3CCCC[C@H]3C2=O)c(C)c1. The van der Waals surface area contributed by atoms with Crippen LogP contribution in [0.4, 0.5) is 5.69 Å². The molecule has 5 nitrogen and oxygen atoms in total. The quantitative estimate of drug-likeness (QED) is 0.871. The molecule has 1 aliphatic carbocycles. The first kappa shape index (κ1) is 15.7. The lowest BCUT2D eigenvalue weighted by atomic mass is 9.81. The monoisotopic (exact) mass is 314 g/mol. The fraction of sp³-hybridized carbons (Fsp3) is 0.500. The van der Waals surface area contributed by atoms with Crippen molar-refractivity contribution in [2.24, 2.45) is 11.8 Å². The summed E-state index contributed by atoms with van der Waals surface area (Å²) in [5, 5.41) is 2.80. The van der Waals surface area contributed by atoms with Gasteiger partial charge in [0.05, 0.1) is 11.8 Å². The number of likely N-dealkylation sites (tertiary alicyclic amines) is 1. The lowest BCUT2D eigenvalue weighted by molar-refractivity contribution is -0.142. The van der Waals surface area contributed by atoms with Crippen molar-refractivity contribution in [3.8, 4) is 0 Å². The van der Waals surface area contributed by atoms with Crippen LogP contribution in [0.15, 0.2) is 18.2 Å². The van der Waals surface area contributed by atoms with Crippen LogP contribution >= 0.6 is 0 Å². The molecule has 1 saturated carbocycles. The lowest BCUT2D eigenvalue weighted by Gasteiger charge is -2.19. The molecule has 2 atom stereocenters. The van der Waals surface area contributed by atoms with Crippen molar-refractivity contribution in [2.75, 3.05) is 11.9 Å². The summed E-state index contributed by atoms with van der Waals surface area (Å²) in [6.45, 7) is 3.73. The van der Waals surface area contributed by atoms with Crippen LogP contribution in [0.1, 0.15) is 36.8 Å². The first-order chi connectivity index (χ1) is 11.0. The number of fused-ring (bicyclic) bond motifs is 1. The molecule has 1 aliphatic heterocycles. The van der Waals surface area contributed by atoms with Crippen molar-refractivity contribution in [1.82, 2.24) is 4.90 Å². The number of hydrogen-bond acceptors (Lipinski definition) is 3. The zero-order valence-electron chi connectivity index (χ0n) is 13.6. The van der Waals surface area contributed by atoms with Gasteiger partial charge in [-0.15, -0.1) is 0 Å². The van der Waals surface area contributed by atoms with Gasteiger partial charge in [0.25, 0.3) is 0 Å². The van der Waals surface area contributed by atoms with Crippen LogP contribution in [0.2, 0.25) is 0 Å². The molecular formula is C18H22N2O3. The molecular weight excluding hydrogens is 292 g/mol. The zero-order valence-corrected chi connectivity index (χ0v) is 13.6. The molecule has 1 aromatic carbocycles. The number of imide groups is 1. The minimum atomic E-state index is -0.322. The van der Waals surface area contributed by atoms with Gasteiger partial charge in [0, 0.05) is 5.69 Å². The molecule has 0 spiro atoms. The highest BCUT2D eigenvalue weighted by atomic mass is 16.2. The minimum absolute atomic E-state index is 0.171. The Bertz CT molecular complexity index is 644. The van der Waals surface area contributed by atoms with Gasteiger partial charge in [0.15, 0.2) is 0 Å². The topological polar surface area (TPSA) is 66.5 Å². The third-order valence-electron chi connectivity index (χ3n) is 4.89. The van der Waals surface area contributed by atoms with Gasteiger partial charge in [-0.2, -0.15) is 0 Å². The number of amides is 3. The van der Waals surface area contributed by atoms with Crippen LogP contribution in [0.5, 0.6) is 0 Å². The summed E-state index contributed by atoms with van der Waals surface area (Å²) in [6.07, 6.45) is 3.51.